The minimum Gasteiger partial charge on any atom is -0.0833 e. The minimum atomic E-state index is 0.607. The highest BCUT2D eigenvalue weighted by atomic mass is 14.4. The highest BCUT2D eigenvalue weighted by Gasteiger charge is 2.34. The summed E-state index contributed by atoms with van der Waals surface area (Å²) in [5, 5.41) is 0. The van der Waals surface area contributed by atoms with Crippen molar-refractivity contribution in [3.63, 3.8) is 0 Å². The van der Waals surface area contributed by atoms with Crippen molar-refractivity contribution >= 4 is 5.57 Å². The number of fused-ring (bicyclic) bond motifs is 3. The van der Waals surface area contributed by atoms with Crippen molar-refractivity contribution in [2.45, 2.75) is 26.2 Å². The van der Waals surface area contributed by atoms with E-state index in [1.165, 1.54) is 22.3 Å². The fourth-order valence-corrected chi connectivity index (χ4v) is 2.87. The lowest BCUT2D eigenvalue weighted by Crippen LogP contribution is -2.03. The Morgan fingerprint density at radius 3 is 2.87 bits per heavy atom. The van der Waals surface area contributed by atoms with Gasteiger partial charge in [-0.2, -0.15) is 0 Å². The average Bonchev–Trinajstić information content (AvgIpc) is 2.55. The zero-order valence-electron chi connectivity index (χ0n) is 9.25. The third-order valence-electron chi connectivity index (χ3n) is 3.64. The Morgan fingerprint density at radius 2 is 2.00 bits per heavy atom. The van der Waals surface area contributed by atoms with Crippen molar-refractivity contribution in [2.75, 3.05) is 0 Å². The number of rotatable bonds is 0. The molecule has 0 saturated heterocycles. The SMILES string of the molecule is CC1=C2[C](CC=C1)C(C)c1ccccc12. The van der Waals surface area contributed by atoms with Crippen molar-refractivity contribution in [1.82, 2.24) is 0 Å². The molecule has 0 amide bonds. The van der Waals surface area contributed by atoms with E-state index in [0.29, 0.717) is 5.92 Å². The van der Waals surface area contributed by atoms with Crippen molar-refractivity contribution in [2.24, 2.45) is 0 Å². The van der Waals surface area contributed by atoms with Gasteiger partial charge in [0.25, 0.3) is 0 Å². The monoisotopic (exact) mass is 195 g/mol. The first kappa shape index (κ1) is 8.96. The first-order valence-electron chi connectivity index (χ1n) is 5.62. The summed E-state index contributed by atoms with van der Waals surface area (Å²) in [6, 6.07) is 8.83. The summed E-state index contributed by atoms with van der Waals surface area (Å²) in [5.41, 5.74) is 5.90. The normalized spacial score (nSPS) is 24.3. The first-order valence-corrected chi connectivity index (χ1v) is 5.62. The molecule has 0 heterocycles. The molecular formula is C15H15. The molecule has 1 radical (unpaired) electrons. The van der Waals surface area contributed by atoms with E-state index < -0.39 is 0 Å². The molecule has 0 saturated carbocycles. The molecule has 0 spiro atoms. The Morgan fingerprint density at radius 1 is 1.20 bits per heavy atom. The third kappa shape index (κ3) is 1.14. The smallest absolute Gasteiger partial charge is 0.0168 e. The van der Waals surface area contributed by atoms with Gasteiger partial charge in [-0.05, 0) is 41.5 Å². The van der Waals surface area contributed by atoms with Crippen molar-refractivity contribution < 1.29 is 0 Å². The highest BCUT2D eigenvalue weighted by molar-refractivity contribution is 5.88. The molecule has 0 aromatic heterocycles. The second-order valence-corrected chi connectivity index (χ2v) is 4.50. The lowest BCUT2D eigenvalue weighted by Gasteiger charge is -2.19. The van der Waals surface area contributed by atoms with Crippen LogP contribution in [0.5, 0.6) is 0 Å². The molecule has 0 bridgehead atoms. The first-order chi connectivity index (χ1) is 7.29. The Hall–Kier alpha value is -1.30. The Balaban J connectivity index is 2.27. The lowest BCUT2D eigenvalue weighted by atomic mass is 9.84. The number of allylic oxidation sites excluding steroid dienone is 4. The lowest BCUT2D eigenvalue weighted by molar-refractivity contribution is 0.813. The minimum absolute atomic E-state index is 0.607. The molecule has 75 valence electrons. The van der Waals surface area contributed by atoms with Crippen LogP contribution in [0, 0.1) is 5.92 Å². The predicted octanol–water partition coefficient (Wildman–Crippen LogP) is 4.11. The van der Waals surface area contributed by atoms with Crippen LogP contribution in [0.2, 0.25) is 0 Å². The van der Waals surface area contributed by atoms with Gasteiger partial charge < -0.3 is 0 Å². The molecule has 1 unspecified atom stereocenters. The van der Waals surface area contributed by atoms with Crippen LogP contribution in [0.15, 0.2) is 42.0 Å². The Labute approximate surface area is 91.3 Å². The summed E-state index contributed by atoms with van der Waals surface area (Å²) in [5.74, 6) is 2.22. The number of hydrogen-bond acceptors (Lipinski definition) is 0. The van der Waals surface area contributed by atoms with E-state index >= 15 is 0 Å². The summed E-state index contributed by atoms with van der Waals surface area (Å²) in [7, 11) is 0. The molecule has 15 heavy (non-hydrogen) atoms. The highest BCUT2D eigenvalue weighted by Crippen LogP contribution is 2.51. The van der Waals surface area contributed by atoms with E-state index in [2.05, 4.69) is 50.3 Å². The number of hydrogen-bond donors (Lipinski definition) is 0. The van der Waals surface area contributed by atoms with Gasteiger partial charge in [0.2, 0.25) is 0 Å². The van der Waals surface area contributed by atoms with E-state index in [4.69, 9.17) is 0 Å². The van der Waals surface area contributed by atoms with Crippen molar-refractivity contribution in [3.8, 4) is 0 Å². The molecule has 1 atom stereocenters. The summed E-state index contributed by atoms with van der Waals surface area (Å²) in [6.45, 7) is 4.55. The van der Waals surface area contributed by atoms with E-state index in [-0.39, 0.29) is 0 Å². The van der Waals surface area contributed by atoms with E-state index in [1.54, 1.807) is 5.92 Å². The van der Waals surface area contributed by atoms with Gasteiger partial charge in [-0.3, -0.25) is 0 Å². The van der Waals surface area contributed by atoms with Gasteiger partial charge in [-0.15, -0.1) is 0 Å². The number of benzene rings is 1. The quantitative estimate of drug-likeness (QED) is 0.584. The summed E-state index contributed by atoms with van der Waals surface area (Å²) < 4.78 is 0. The van der Waals surface area contributed by atoms with Crippen molar-refractivity contribution in [3.05, 3.63) is 59.0 Å². The van der Waals surface area contributed by atoms with Crippen LogP contribution < -0.4 is 0 Å². The molecule has 0 heteroatoms. The molecule has 3 rings (SSSR count). The van der Waals surface area contributed by atoms with Gasteiger partial charge in [0.1, 0.15) is 0 Å². The van der Waals surface area contributed by atoms with Gasteiger partial charge in [0, 0.05) is 5.92 Å². The maximum Gasteiger partial charge on any atom is 0.0168 e. The summed E-state index contributed by atoms with van der Waals surface area (Å²) in [4.78, 5) is 0. The van der Waals surface area contributed by atoms with E-state index in [9.17, 15) is 0 Å². The van der Waals surface area contributed by atoms with Crippen LogP contribution in [0.4, 0.5) is 0 Å². The molecule has 2 aliphatic rings. The summed E-state index contributed by atoms with van der Waals surface area (Å²) >= 11 is 0. The van der Waals surface area contributed by atoms with Gasteiger partial charge in [-0.1, -0.05) is 43.3 Å². The third-order valence-corrected chi connectivity index (χ3v) is 3.64. The molecular weight excluding hydrogens is 180 g/mol. The van der Waals surface area contributed by atoms with Gasteiger partial charge in [0.15, 0.2) is 0 Å². The molecule has 0 fully saturated rings. The zero-order chi connectivity index (χ0) is 10.4. The van der Waals surface area contributed by atoms with E-state index in [0.717, 1.165) is 6.42 Å². The van der Waals surface area contributed by atoms with Crippen LogP contribution in [-0.2, 0) is 0 Å². The van der Waals surface area contributed by atoms with Crippen LogP contribution in [0.1, 0.15) is 37.3 Å². The van der Waals surface area contributed by atoms with Gasteiger partial charge in [0.05, 0.1) is 0 Å². The predicted molar refractivity (Wildman–Crippen MR) is 64.5 cm³/mol. The average molecular weight is 195 g/mol. The van der Waals surface area contributed by atoms with Gasteiger partial charge >= 0.3 is 0 Å². The molecule has 1 aromatic rings. The second kappa shape index (κ2) is 3.10. The fraction of sp³-hybridized carbons (Fsp3) is 0.267. The van der Waals surface area contributed by atoms with Crippen LogP contribution >= 0.6 is 0 Å². The standard InChI is InChI=1S/C15H15/c1-10-6-5-9-13-11(2)12-7-3-4-8-14(12)15(10)13/h3-8,11H,9H2,1-2H3. The Kier molecular flexibility index (Phi) is 1.85. The Bertz CT molecular complexity index is 463. The fourth-order valence-electron chi connectivity index (χ4n) is 2.87. The largest absolute Gasteiger partial charge is 0.0833 e. The maximum absolute atomic E-state index is 2.33. The maximum atomic E-state index is 2.33. The second-order valence-electron chi connectivity index (χ2n) is 4.50. The van der Waals surface area contributed by atoms with Gasteiger partial charge in [-0.25, -0.2) is 0 Å². The molecule has 0 nitrogen and oxygen atoms in total. The van der Waals surface area contributed by atoms with Crippen LogP contribution in [-0.4, -0.2) is 0 Å². The molecule has 0 N–H and O–H groups in total. The summed E-state index contributed by atoms with van der Waals surface area (Å²) in [6.07, 6.45) is 5.67. The topological polar surface area (TPSA) is 0 Å². The van der Waals surface area contributed by atoms with Crippen LogP contribution in [0.25, 0.3) is 5.57 Å². The molecule has 0 aliphatic heterocycles. The molecule has 2 aliphatic carbocycles. The zero-order valence-corrected chi connectivity index (χ0v) is 9.25. The van der Waals surface area contributed by atoms with Crippen molar-refractivity contribution in [1.29, 1.82) is 0 Å². The molecule has 1 aromatic carbocycles. The van der Waals surface area contributed by atoms with Crippen LogP contribution in [0.3, 0.4) is 0 Å². The van der Waals surface area contributed by atoms with E-state index in [1.807, 2.05) is 0 Å².